The van der Waals surface area contributed by atoms with E-state index in [9.17, 15) is 0 Å². The van der Waals surface area contributed by atoms with Crippen LogP contribution in [0, 0.1) is 10.7 Å². The Morgan fingerprint density at radius 1 is 0.673 bits per heavy atom. The summed E-state index contributed by atoms with van der Waals surface area (Å²) >= 11 is 2.47. The molecule has 0 aliphatic heterocycles. The number of hydrogen-bond donors (Lipinski definition) is 0. The maximum Gasteiger partial charge on any atom is 0.0374 e. The number of pyridine rings is 1. The first-order valence-electron chi connectivity index (χ1n) is 20.3. The van der Waals surface area contributed by atoms with Gasteiger partial charge in [-0.15, -0.1) is 0 Å². The number of hydrogen-bond acceptors (Lipinski definition) is 2. The molecule has 3 aromatic heterocycles. The normalized spacial score (nSPS) is 15.4. The molecule has 6 aromatic carbocycles. The average Bonchev–Trinajstić information content (AvgIpc) is 3.60. The van der Waals surface area contributed by atoms with Crippen LogP contribution in [0.25, 0.3) is 60.9 Å². The molecular formula is C49H40N4OPt. The maximum absolute atomic E-state index is 8.57. The Morgan fingerprint density at radius 3 is 2.24 bits per heavy atom. The van der Waals surface area contributed by atoms with Crippen LogP contribution >= 0.6 is 0 Å². The zero-order valence-corrected chi connectivity index (χ0v) is 32.6. The topological polar surface area (TPSA) is 36.9 Å². The zero-order valence-electron chi connectivity index (χ0n) is 33.4. The van der Waals surface area contributed by atoms with E-state index in [1.54, 1.807) is 12.3 Å². The van der Waals surface area contributed by atoms with Crippen LogP contribution in [0.1, 0.15) is 46.1 Å². The second-order valence-electron chi connectivity index (χ2n) is 14.4. The number of rotatable bonds is 6. The number of imidazole rings is 1. The minimum atomic E-state index is -2.36. The number of aromatic nitrogens is 4. The summed E-state index contributed by atoms with van der Waals surface area (Å²) in [5, 5.41) is 2.07. The van der Waals surface area contributed by atoms with Gasteiger partial charge < -0.3 is 0 Å². The molecule has 0 bridgehead atoms. The number of aryl methyl sites for hydroxylation is 3. The van der Waals surface area contributed by atoms with E-state index < -0.39 is 6.85 Å². The number of ether oxygens (including phenoxy) is 1. The number of benzene rings is 6. The molecular weight excluding hydrogens is 856 g/mol. The molecule has 0 saturated heterocycles. The van der Waals surface area contributed by atoms with Crippen molar-refractivity contribution >= 4 is 32.8 Å². The summed E-state index contributed by atoms with van der Waals surface area (Å²) in [7, 11) is 2.15. The molecule has 0 amide bonds. The molecule has 0 fully saturated rings. The van der Waals surface area contributed by atoms with Crippen LogP contribution in [0.15, 0.2) is 152 Å². The molecule has 9 aromatic rings. The molecule has 1 atom stereocenters. The van der Waals surface area contributed by atoms with Gasteiger partial charge in [0.1, 0.15) is 0 Å². The van der Waals surface area contributed by atoms with Crippen molar-refractivity contribution in [2.45, 2.75) is 38.6 Å². The second kappa shape index (κ2) is 13.8. The third-order valence-electron chi connectivity index (χ3n) is 11.2. The fourth-order valence-corrected chi connectivity index (χ4v) is 9.41. The van der Waals surface area contributed by atoms with Crippen LogP contribution in [-0.2, 0) is 32.8 Å². The Labute approximate surface area is 335 Å². The van der Waals surface area contributed by atoms with Crippen LogP contribution in [-0.4, -0.2) is 18.7 Å². The molecule has 5 nitrogen and oxygen atoms in total. The predicted molar refractivity (Wildman–Crippen MR) is 221 cm³/mol. The first-order chi connectivity index (χ1) is 28.2. The van der Waals surface area contributed by atoms with Crippen molar-refractivity contribution in [2.24, 2.45) is 7.05 Å². The molecule has 0 radical (unpaired) electrons. The van der Waals surface area contributed by atoms with E-state index in [4.69, 9.17) is 13.8 Å². The van der Waals surface area contributed by atoms with E-state index in [0.717, 1.165) is 69.9 Å². The number of nitrogens with zero attached hydrogens (tertiary/aromatic N) is 4. The molecule has 1 aliphatic rings. The summed E-state index contributed by atoms with van der Waals surface area (Å²) in [6, 6.07) is 49.8. The van der Waals surface area contributed by atoms with Crippen molar-refractivity contribution < 1.29 is 28.2 Å². The molecule has 1 aliphatic carbocycles. The van der Waals surface area contributed by atoms with Crippen molar-refractivity contribution in [1.29, 1.82) is 0 Å². The monoisotopic (exact) mass is 898 g/mol. The van der Waals surface area contributed by atoms with Crippen molar-refractivity contribution in [1.82, 2.24) is 18.7 Å². The van der Waals surface area contributed by atoms with Gasteiger partial charge in [0.15, 0.2) is 0 Å². The van der Waals surface area contributed by atoms with Crippen LogP contribution in [0.2, 0.25) is 0 Å². The summed E-state index contributed by atoms with van der Waals surface area (Å²) in [4.78, 5) is 4.96. The summed E-state index contributed by atoms with van der Waals surface area (Å²) in [6.45, 7) is -2.36. The summed E-state index contributed by atoms with van der Waals surface area (Å²) in [6.07, 6.45) is 6.10. The third kappa shape index (κ3) is 5.89. The minimum absolute atomic E-state index is 0.181. The largest absolute Gasteiger partial charge is 0.238 e. The first kappa shape index (κ1) is 30.5. The molecule has 0 N–H and O–H groups in total. The molecule has 55 heavy (non-hydrogen) atoms. The fraction of sp³-hybridized carbons (Fsp3) is 0.143. The minimum Gasteiger partial charge on any atom is -0.238 e. The van der Waals surface area contributed by atoms with Gasteiger partial charge in [-0.05, 0) is 47.3 Å². The average molecular weight is 899 g/mol. The Bertz CT molecular complexity index is 3070. The Kier molecular flexibility index (Phi) is 7.67. The second-order valence-corrected chi connectivity index (χ2v) is 15.5. The van der Waals surface area contributed by atoms with Crippen LogP contribution in [0.4, 0.5) is 0 Å². The van der Waals surface area contributed by atoms with E-state index in [1.807, 2.05) is 54.6 Å². The predicted octanol–water partition coefficient (Wildman–Crippen LogP) is 12.3. The van der Waals surface area contributed by atoms with Gasteiger partial charge in [0.2, 0.25) is 0 Å². The van der Waals surface area contributed by atoms with Crippen LogP contribution in [0.5, 0.6) is 11.5 Å². The Balaban J connectivity index is 1.12. The van der Waals surface area contributed by atoms with E-state index in [0.29, 0.717) is 17.1 Å². The van der Waals surface area contributed by atoms with Gasteiger partial charge in [-0.3, -0.25) is 0 Å². The molecule has 0 spiro atoms. The molecule has 6 heteroatoms. The van der Waals surface area contributed by atoms with Crippen molar-refractivity contribution in [2.75, 3.05) is 0 Å². The number of para-hydroxylation sites is 2. The van der Waals surface area contributed by atoms with E-state index in [1.165, 1.54) is 26.0 Å². The van der Waals surface area contributed by atoms with Gasteiger partial charge in [0.25, 0.3) is 0 Å². The van der Waals surface area contributed by atoms with Crippen molar-refractivity contribution in [3.8, 4) is 39.6 Å². The smallest absolute Gasteiger partial charge is 0.0374 e. The zero-order chi connectivity index (χ0) is 39.5. The van der Waals surface area contributed by atoms with Crippen LogP contribution < -0.4 is 4.74 Å². The van der Waals surface area contributed by atoms with Gasteiger partial charge in [0.05, 0.1) is 0 Å². The maximum atomic E-state index is 8.57. The molecule has 1 unspecified atom stereocenters. The van der Waals surface area contributed by atoms with E-state index in [-0.39, 0.29) is 11.6 Å². The number of fused-ring (bicyclic) bond motifs is 5. The molecule has 0 saturated carbocycles. The summed E-state index contributed by atoms with van der Waals surface area (Å²) < 4.78 is 40.6. The van der Waals surface area contributed by atoms with Crippen LogP contribution in [0.3, 0.4) is 0 Å². The summed E-state index contributed by atoms with van der Waals surface area (Å²) in [5.74, 6) is 2.00. The standard InChI is InChI=1S/C49H40N4O.Pt/c1-33-27-49(50-31-43(33)35-15-7-4-8-16-35)53-45-26-22-37(34-13-5-3-6-14-34)28-42(45)40-25-24-39(30-48(40)53)54-38-23-21-36-17-9-10-18-44(41(36)29-38)52-32-51(2)46-19-11-12-20-47(46)52;/h3-8,11-16,19-31,44H,9-10,17-18H2,1-2H3;/i1D3;. The molecule has 272 valence electrons. The Hall–Kier alpha value is -5.77. The van der Waals surface area contributed by atoms with Crippen molar-refractivity contribution in [3.63, 3.8) is 0 Å². The quantitative estimate of drug-likeness (QED) is 0.156. The first-order valence-corrected chi connectivity index (χ1v) is 20.0. The fourth-order valence-electron chi connectivity index (χ4n) is 8.51. The van der Waals surface area contributed by atoms with Gasteiger partial charge in [-0.2, -0.15) is 0 Å². The van der Waals surface area contributed by atoms with Crippen molar-refractivity contribution in [3.05, 3.63) is 172 Å². The SMILES string of the molecule is [2H]C([2H])([2H])c1cc(-n2c3ccc(-c4ccccc4)cc3c3ccc(Oc4ccc5c(c4)C(n4[c](=[Pt])n(C)c6ccccc64)CCCC5)cc32)ncc1-c1ccccc1. The van der Waals surface area contributed by atoms with Gasteiger partial charge in [-0.25, -0.2) is 4.98 Å². The molecule has 10 rings (SSSR count). The van der Waals surface area contributed by atoms with E-state index in [2.05, 4.69) is 125 Å². The summed E-state index contributed by atoms with van der Waals surface area (Å²) in [5.41, 5.74) is 10.8. The van der Waals surface area contributed by atoms with E-state index >= 15 is 0 Å². The van der Waals surface area contributed by atoms with Gasteiger partial charge >= 0.3 is 202 Å². The molecule has 3 heterocycles. The third-order valence-corrected chi connectivity index (χ3v) is 12.5. The Morgan fingerprint density at radius 2 is 1.42 bits per heavy atom. The van der Waals surface area contributed by atoms with Gasteiger partial charge in [0, 0.05) is 15.9 Å². The van der Waals surface area contributed by atoms with Gasteiger partial charge in [-0.1, -0.05) is 66.7 Å².